The predicted octanol–water partition coefficient (Wildman–Crippen LogP) is 5.00. The average Bonchev–Trinajstić information content (AvgIpc) is 2.49. The fraction of sp³-hybridized carbons (Fsp3) is 0.0526. The number of hydrogen-bond donors (Lipinski definition) is 1. The summed E-state index contributed by atoms with van der Waals surface area (Å²) in [6, 6.07) is 22.0. The van der Waals surface area contributed by atoms with E-state index in [0.717, 1.165) is 27.5 Å². The van der Waals surface area contributed by atoms with E-state index in [9.17, 15) is 5.11 Å². The summed E-state index contributed by atoms with van der Waals surface area (Å²) in [7, 11) is 0. The second-order valence-corrected chi connectivity index (χ2v) is 4.75. The van der Waals surface area contributed by atoms with Crippen molar-refractivity contribution in [1.29, 1.82) is 0 Å². The monoisotopic (exact) mass is 260 g/mol. The lowest BCUT2D eigenvalue weighted by atomic mass is 9.93. The Kier molecular flexibility index (Phi) is 3.26. The molecule has 0 saturated carbocycles. The average molecular weight is 260 g/mol. The quantitative estimate of drug-likeness (QED) is 0.687. The molecule has 0 fully saturated rings. The summed E-state index contributed by atoms with van der Waals surface area (Å²) < 4.78 is 0. The van der Waals surface area contributed by atoms with Crippen LogP contribution >= 0.6 is 0 Å². The number of hydrogen-bond acceptors (Lipinski definition) is 1. The van der Waals surface area contributed by atoms with Crippen LogP contribution in [0.1, 0.15) is 18.1 Å². The van der Waals surface area contributed by atoms with Crippen LogP contribution in [-0.4, -0.2) is 5.11 Å². The summed E-state index contributed by atoms with van der Waals surface area (Å²) >= 11 is 0. The zero-order valence-electron chi connectivity index (χ0n) is 11.4. The second kappa shape index (κ2) is 5.22. The van der Waals surface area contributed by atoms with Gasteiger partial charge in [0.2, 0.25) is 0 Å². The standard InChI is InChI=1S/C19H16O/c1-2-16(14-8-4-3-5-9-14)17-12-6-10-15-11-7-13-18(20)19(15)17/h2-13,20H,1H3/b16-2+. The summed E-state index contributed by atoms with van der Waals surface area (Å²) in [6.07, 6.45) is 2.09. The van der Waals surface area contributed by atoms with Gasteiger partial charge in [-0.2, -0.15) is 0 Å². The van der Waals surface area contributed by atoms with Crippen LogP contribution in [0.3, 0.4) is 0 Å². The van der Waals surface area contributed by atoms with E-state index in [0.29, 0.717) is 5.75 Å². The molecule has 0 atom stereocenters. The van der Waals surface area contributed by atoms with E-state index in [2.05, 4.69) is 24.3 Å². The Bertz CT molecular complexity index is 765. The molecule has 0 spiro atoms. The van der Waals surface area contributed by atoms with Gasteiger partial charge in [-0.3, -0.25) is 0 Å². The molecule has 3 aromatic rings. The van der Waals surface area contributed by atoms with E-state index in [-0.39, 0.29) is 0 Å². The van der Waals surface area contributed by atoms with Crippen LogP contribution in [0.5, 0.6) is 5.75 Å². The summed E-state index contributed by atoms with van der Waals surface area (Å²) in [5, 5.41) is 12.2. The normalized spacial score (nSPS) is 11.8. The Morgan fingerprint density at radius 2 is 1.55 bits per heavy atom. The molecule has 0 heterocycles. The van der Waals surface area contributed by atoms with Gasteiger partial charge in [-0.25, -0.2) is 0 Å². The van der Waals surface area contributed by atoms with Crippen LogP contribution in [0.2, 0.25) is 0 Å². The summed E-state index contributed by atoms with van der Waals surface area (Å²) in [6.45, 7) is 2.03. The molecule has 0 aliphatic rings. The molecule has 1 heteroatoms. The highest BCUT2D eigenvalue weighted by atomic mass is 16.3. The van der Waals surface area contributed by atoms with Gasteiger partial charge < -0.3 is 5.11 Å². The topological polar surface area (TPSA) is 20.2 Å². The van der Waals surface area contributed by atoms with Gasteiger partial charge in [-0.05, 0) is 35.1 Å². The van der Waals surface area contributed by atoms with Crippen LogP contribution in [0, 0.1) is 0 Å². The molecule has 20 heavy (non-hydrogen) atoms. The summed E-state index contributed by atoms with van der Waals surface area (Å²) in [4.78, 5) is 0. The first-order chi connectivity index (χ1) is 9.81. The lowest BCUT2D eigenvalue weighted by Gasteiger charge is -2.12. The maximum absolute atomic E-state index is 10.2. The molecule has 0 aliphatic carbocycles. The third-order valence-electron chi connectivity index (χ3n) is 3.55. The van der Waals surface area contributed by atoms with Crippen LogP contribution in [0.15, 0.2) is 72.8 Å². The molecule has 0 radical (unpaired) electrons. The van der Waals surface area contributed by atoms with E-state index in [1.54, 1.807) is 6.07 Å². The fourth-order valence-electron chi connectivity index (χ4n) is 2.64. The van der Waals surface area contributed by atoms with Gasteiger partial charge >= 0.3 is 0 Å². The number of fused-ring (bicyclic) bond motifs is 1. The smallest absolute Gasteiger partial charge is 0.124 e. The highest BCUT2D eigenvalue weighted by molar-refractivity contribution is 6.00. The Morgan fingerprint density at radius 3 is 2.25 bits per heavy atom. The molecular formula is C19H16O. The van der Waals surface area contributed by atoms with Crippen LogP contribution in [-0.2, 0) is 0 Å². The van der Waals surface area contributed by atoms with Crippen molar-refractivity contribution < 1.29 is 5.11 Å². The van der Waals surface area contributed by atoms with E-state index >= 15 is 0 Å². The van der Waals surface area contributed by atoms with E-state index in [4.69, 9.17) is 0 Å². The van der Waals surface area contributed by atoms with Crippen molar-refractivity contribution in [1.82, 2.24) is 0 Å². The minimum atomic E-state index is 0.327. The molecule has 0 bridgehead atoms. The molecule has 3 rings (SSSR count). The number of rotatable bonds is 2. The molecule has 0 aliphatic heterocycles. The number of benzene rings is 3. The lowest BCUT2D eigenvalue weighted by Crippen LogP contribution is -1.89. The lowest BCUT2D eigenvalue weighted by molar-refractivity contribution is 0.481. The van der Waals surface area contributed by atoms with Crippen LogP contribution in [0.4, 0.5) is 0 Å². The third-order valence-corrected chi connectivity index (χ3v) is 3.55. The van der Waals surface area contributed by atoms with Gasteiger partial charge in [0.15, 0.2) is 0 Å². The number of phenols is 1. The van der Waals surface area contributed by atoms with Crippen molar-refractivity contribution in [3.8, 4) is 5.75 Å². The number of phenolic OH excluding ortho intramolecular Hbond substituents is 1. The van der Waals surface area contributed by atoms with Crippen molar-refractivity contribution >= 4 is 16.3 Å². The zero-order chi connectivity index (χ0) is 13.9. The van der Waals surface area contributed by atoms with Crippen molar-refractivity contribution in [2.24, 2.45) is 0 Å². The molecule has 3 aromatic carbocycles. The maximum Gasteiger partial charge on any atom is 0.124 e. The molecule has 0 aromatic heterocycles. The highest BCUT2D eigenvalue weighted by Gasteiger charge is 2.10. The summed E-state index contributed by atoms with van der Waals surface area (Å²) in [5.41, 5.74) is 3.36. The van der Waals surface area contributed by atoms with Gasteiger partial charge in [-0.1, -0.05) is 66.7 Å². The number of allylic oxidation sites excluding steroid dienone is 1. The minimum absolute atomic E-state index is 0.327. The van der Waals surface area contributed by atoms with Gasteiger partial charge in [0.05, 0.1) is 0 Å². The Labute approximate surface area is 118 Å². The van der Waals surface area contributed by atoms with Gasteiger partial charge in [-0.15, -0.1) is 0 Å². The van der Waals surface area contributed by atoms with Crippen LogP contribution in [0.25, 0.3) is 16.3 Å². The molecule has 0 amide bonds. The molecule has 1 nitrogen and oxygen atoms in total. The SMILES string of the molecule is C/C=C(\c1ccccc1)c1cccc2cccc(O)c12. The Balaban J connectivity index is 2.29. The first-order valence-corrected chi connectivity index (χ1v) is 6.74. The van der Waals surface area contributed by atoms with Crippen LogP contribution < -0.4 is 0 Å². The summed E-state index contributed by atoms with van der Waals surface area (Å²) in [5.74, 6) is 0.327. The van der Waals surface area contributed by atoms with Crippen molar-refractivity contribution in [3.63, 3.8) is 0 Å². The molecule has 0 saturated heterocycles. The molecule has 0 unspecified atom stereocenters. The minimum Gasteiger partial charge on any atom is -0.507 e. The van der Waals surface area contributed by atoms with Gasteiger partial charge in [0, 0.05) is 5.39 Å². The Morgan fingerprint density at radius 1 is 0.850 bits per heavy atom. The van der Waals surface area contributed by atoms with Gasteiger partial charge in [0.25, 0.3) is 0 Å². The highest BCUT2D eigenvalue weighted by Crippen LogP contribution is 2.34. The van der Waals surface area contributed by atoms with E-state index in [1.807, 2.05) is 49.4 Å². The van der Waals surface area contributed by atoms with Gasteiger partial charge in [0.1, 0.15) is 5.75 Å². The van der Waals surface area contributed by atoms with Crippen molar-refractivity contribution in [3.05, 3.63) is 83.9 Å². The van der Waals surface area contributed by atoms with E-state index < -0.39 is 0 Å². The first kappa shape index (κ1) is 12.5. The second-order valence-electron chi connectivity index (χ2n) is 4.75. The maximum atomic E-state index is 10.2. The van der Waals surface area contributed by atoms with Crippen molar-refractivity contribution in [2.45, 2.75) is 6.92 Å². The molecule has 98 valence electrons. The number of aromatic hydroxyl groups is 1. The van der Waals surface area contributed by atoms with Crippen molar-refractivity contribution in [2.75, 3.05) is 0 Å². The molecule has 1 N–H and O–H groups in total. The van der Waals surface area contributed by atoms with E-state index in [1.165, 1.54) is 0 Å². The largest absolute Gasteiger partial charge is 0.507 e. The predicted molar refractivity (Wildman–Crippen MR) is 84.8 cm³/mol. The Hall–Kier alpha value is -2.54. The zero-order valence-corrected chi connectivity index (χ0v) is 11.4. The fourth-order valence-corrected chi connectivity index (χ4v) is 2.64. The third kappa shape index (κ3) is 2.08. The molecular weight excluding hydrogens is 244 g/mol. The first-order valence-electron chi connectivity index (χ1n) is 6.74.